The molecular formula is C13H15BrF3NO. The Labute approximate surface area is 118 Å². The van der Waals surface area contributed by atoms with Gasteiger partial charge in [-0.15, -0.1) is 0 Å². The monoisotopic (exact) mass is 337 g/mol. The van der Waals surface area contributed by atoms with E-state index in [2.05, 4.69) is 21.2 Å². The van der Waals surface area contributed by atoms with E-state index in [4.69, 9.17) is 0 Å². The predicted molar refractivity (Wildman–Crippen MR) is 71.0 cm³/mol. The summed E-state index contributed by atoms with van der Waals surface area (Å²) >= 11 is 3.10. The van der Waals surface area contributed by atoms with Gasteiger partial charge in [0, 0.05) is 10.0 Å². The third-order valence-corrected chi connectivity index (χ3v) is 3.57. The average Bonchev–Trinajstić information content (AvgIpc) is 2.27. The maximum atomic E-state index is 12.6. The molecular weight excluding hydrogens is 323 g/mol. The maximum Gasteiger partial charge on any atom is 0.416 e. The summed E-state index contributed by atoms with van der Waals surface area (Å²) in [6.07, 6.45) is -3.79. The highest BCUT2D eigenvalue weighted by molar-refractivity contribution is 9.10. The van der Waals surface area contributed by atoms with E-state index in [0.717, 1.165) is 12.1 Å². The van der Waals surface area contributed by atoms with E-state index < -0.39 is 23.2 Å². The Bertz CT molecular complexity index is 483. The first-order chi connectivity index (χ1) is 8.57. The molecule has 0 saturated carbocycles. The van der Waals surface area contributed by atoms with Crippen molar-refractivity contribution in [2.45, 2.75) is 38.9 Å². The molecule has 0 aliphatic heterocycles. The van der Waals surface area contributed by atoms with Gasteiger partial charge in [-0.25, -0.2) is 0 Å². The van der Waals surface area contributed by atoms with Crippen molar-refractivity contribution in [3.63, 3.8) is 0 Å². The van der Waals surface area contributed by atoms with Crippen LogP contribution in [0.5, 0.6) is 0 Å². The van der Waals surface area contributed by atoms with Crippen LogP contribution >= 0.6 is 15.9 Å². The van der Waals surface area contributed by atoms with E-state index in [9.17, 15) is 18.0 Å². The van der Waals surface area contributed by atoms with Crippen molar-refractivity contribution < 1.29 is 18.0 Å². The Kier molecular flexibility index (Phi) is 4.66. The van der Waals surface area contributed by atoms with Crippen molar-refractivity contribution in [1.82, 2.24) is 5.32 Å². The number of hydrogen-bond donors (Lipinski definition) is 1. The first-order valence-electron chi connectivity index (χ1n) is 5.76. The highest BCUT2D eigenvalue weighted by Crippen LogP contribution is 2.32. The Balaban J connectivity index is 3.10. The van der Waals surface area contributed by atoms with E-state index in [1.807, 2.05) is 20.8 Å². The van der Waals surface area contributed by atoms with Crippen molar-refractivity contribution in [3.05, 3.63) is 33.8 Å². The SMILES string of the molecule is CCC(C)(C)NC(=O)c1cc(C(F)(F)F)ccc1Br. The predicted octanol–water partition coefficient (Wildman–Crippen LogP) is 4.39. The van der Waals surface area contributed by atoms with Gasteiger partial charge in [0.25, 0.3) is 5.91 Å². The molecule has 0 fully saturated rings. The number of rotatable bonds is 3. The minimum atomic E-state index is -4.46. The van der Waals surface area contributed by atoms with Crippen LogP contribution < -0.4 is 5.32 Å². The summed E-state index contributed by atoms with van der Waals surface area (Å²) in [5.74, 6) is -0.523. The molecule has 19 heavy (non-hydrogen) atoms. The lowest BCUT2D eigenvalue weighted by Gasteiger charge is -2.25. The van der Waals surface area contributed by atoms with Crippen LogP contribution in [0.15, 0.2) is 22.7 Å². The summed E-state index contributed by atoms with van der Waals surface area (Å²) in [6, 6.07) is 3.02. The van der Waals surface area contributed by atoms with Crippen LogP contribution in [0, 0.1) is 0 Å². The summed E-state index contributed by atoms with van der Waals surface area (Å²) in [5.41, 5.74) is -1.32. The Morgan fingerprint density at radius 2 is 1.89 bits per heavy atom. The molecule has 0 aliphatic rings. The fourth-order valence-corrected chi connectivity index (χ4v) is 1.77. The van der Waals surface area contributed by atoms with Crippen LogP contribution in [0.25, 0.3) is 0 Å². The topological polar surface area (TPSA) is 29.1 Å². The maximum absolute atomic E-state index is 12.6. The third kappa shape index (κ3) is 4.23. The number of carbonyl (C=O) groups excluding carboxylic acids is 1. The Hall–Kier alpha value is -1.04. The summed E-state index contributed by atoms with van der Waals surface area (Å²) in [7, 11) is 0. The van der Waals surface area contributed by atoms with E-state index in [1.54, 1.807) is 0 Å². The summed E-state index contributed by atoms with van der Waals surface area (Å²) in [6.45, 7) is 5.51. The lowest BCUT2D eigenvalue weighted by Crippen LogP contribution is -2.42. The molecule has 0 atom stereocenters. The van der Waals surface area contributed by atoms with Gasteiger partial charge in [0.05, 0.1) is 11.1 Å². The van der Waals surface area contributed by atoms with Gasteiger partial charge < -0.3 is 5.32 Å². The number of carbonyl (C=O) groups is 1. The number of alkyl halides is 3. The van der Waals surface area contributed by atoms with Gasteiger partial charge in [0.1, 0.15) is 0 Å². The number of nitrogens with one attached hydrogen (secondary N) is 1. The van der Waals surface area contributed by atoms with Crippen molar-refractivity contribution in [2.24, 2.45) is 0 Å². The first kappa shape index (κ1) is 16.0. The normalized spacial score (nSPS) is 12.4. The lowest BCUT2D eigenvalue weighted by molar-refractivity contribution is -0.137. The van der Waals surface area contributed by atoms with Crippen LogP contribution in [0.4, 0.5) is 13.2 Å². The summed E-state index contributed by atoms with van der Waals surface area (Å²) in [4.78, 5) is 12.0. The average molecular weight is 338 g/mol. The number of halogens is 4. The number of hydrogen-bond acceptors (Lipinski definition) is 1. The molecule has 1 amide bonds. The van der Waals surface area contributed by atoms with E-state index >= 15 is 0 Å². The number of amides is 1. The van der Waals surface area contributed by atoms with Crippen molar-refractivity contribution in [1.29, 1.82) is 0 Å². The highest BCUT2D eigenvalue weighted by Gasteiger charge is 2.32. The van der Waals surface area contributed by atoms with E-state index in [0.29, 0.717) is 10.9 Å². The van der Waals surface area contributed by atoms with Crippen molar-refractivity contribution in [3.8, 4) is 0 Å². The van der Waals surface area contributed by atoms with Crippen molar-refractivity contribution >= 4 is 21.8 Å². The molecule has 0 saturated heterocycles. The second-order valence-electron chi connectivity index (χ2n) is 4.88. The molecule has 0 spiro atoms. The van der Waals surface area contributed by atoms with Crippen LogP contribution in [0.2, 0.25) is 0 Å². The van der Waals surface area contributed by atoms with E-state index in [1.165, 1.54) is 6.07 Å². The standard InChI is InChI=1S/C13H15BrF3NO/c1-4-12(2,3)18-11(19)9-7-8(13(15,16)17)5-6-10(9)14/h5-7H,4H2,1-3H3,(H,18,19). The highest BCUT2D eigenvalue weighted by atomic mass is 79.9. The van der Waals surface area contributed by atoms with E-state index in [-0.39, 0.29) is 5.56 Å². The molecule has 1 N–H and O–H groups in total. The Morgan fingerprint density at radius 1 is 1.32 bits per heavy atom. The Morgan fingerprint density at radius 3 is 2.37 bits per heavy atom. The van der Waals surface area contributed by atoms with Gasteiger partial charge in [-0.2, -0.15) is 13.2 Å². The van der Waals surface area contributed by atoms with Gasteiger partial charge in [0.15, 0.2) is 0 Å². The quantitative estimate of drug-likeness (QED) is 0.870. The molecule has 0 aliphatic carbocycles. The third-order valence-electron chi connectivity index (χ3n) is 2.87. The van der Waals surface area contributed by atoms with Crippen LogP contribution in [-0.2, 0) is 6.18 Å². The van der Waals surface area contributed by atoms with Gasteiger partial charge >= 0.3 is 6.18 Å². The molecule has 1 aromatic rings. The molecule has 1 aromatic carbocycles. The smallest absolute Gasteiger partial charge is 0.347 e. The van der Waals surface area contributed by atoms with Gasteiger partial charge in [0.2, 0.25) is 0 Å². The lowest BCUT2D eigenvalue weighted by atomic mass is 10.0. The molecule has 1 rings (SSSR count). The van der Waals surface area contributed by atoms with Crippen LogP contribution in [0.3, 0.4) is 0 Å². The molecule has 0 bridgehead atoms. The molecule has 106 valence electrons. The van der Waals surface area contributed by atoms with Gasteiger partial charge in [-0.3, -0.25) is 4.79 Å². The number of benzene rings is 1. The largest absolute Gasteiger partial charge is 0.416 e. The van der Waals surface area contributed by atoms with Gasteiger partial charge in [-0.1, -0.05) is 6.92 Å². The zero-order valence-electron chi connectivity index (χ0n) is 10.9. The van der Waals surface area contributed by atoms with Crippen molar-refractivity contribution in [2.75, 3.05) is 0 Å². The summed E-state index contributed by atoms with van der Waals surface area (Å²) < 4.78 is 38.2. The molecule has 0 unspecified atom stereocenters. The van der Waals surface area contributed by atoms with Crippen LogP contribution in [0.1, 0.15) is 43.1 Å². The molecule has 0 radical (unpaired) electrons. The first-order valence-corrected chi connectivity index (χ1v) is 6.55. The van der Waals surface area contributed by atoms with Crippen LogP contribution in [-0.4, -0.2) is 11.4 Å². The minimum Gasteiger partial charge on any atom is -0.347 e. The molecule has 0 heterocycles. The zero-order valence-corrected chi connectivity index (χ0v) is 12.4. The molecule has 2 nitrogen and oxygen atoms in total. The fraction of sp³-hybridized carbons (Fsp3) is 0.462. The second-order valence-corrected chi connectivity index (χ2v) is 5.74. The minimum absolute atomic E-state index is 0.0173. The fourth-order valence-electron chi connectivity index (χ4n) is 1.34. The molecule has 6 heteroatoms. The zero-order chi connectivity index (χ0) is 14.8. The van der Waals surface area contributed by atoms with Gasteiger partial charge in [-0.05, 0) is 54.4 Å². The molecule has 0 aromatic heterocycles. The summed E-state index contributed by atoms with van der Waals surface area (Å²) in [5, 5.41) is 2.71. The second kappa shape index (κ2) is 5.53.